The molecule has 0 radical (unpaired) electrons. The zero-order valence-electron chi connectivity index (χ0n) is 73.3. The van der Waals surface area contributed by atoms with Crippen molar-refractivity contribution in [3.05, 3.63) is 313 Å². The van der Waals surface area contributed by atoms with Crippen molar-refractivity contribution in [2.45, 2.75) is 115 Å². The maximum absolute atomic E-state index is 12.9. The fourth-order valence-corrected chi connectivity index (χ4v) is 12.7. The molecular weight excluding hydrogens is 1670 g/mol. The summed E-state index contributed by atoms with van der Waals surface area (Å²) in [4.78, 5) is 109. The molecule has 0 bridgehead atoms. The minimum atomic E-state index is -1.25. The van der Waals surface area contributed by atoms with Crippen LogP contribution < -0.4 is 19.9 Å². The van der Waals surface area contributed by atoms with Crippen molar-refractivity contribution >= 4 is 70.7 Å². The van der Waals surface area contributed by atoms with Crippen LogP contribution in [0.2, 0.25) is 25.7 Å². The second-order valence-corrected chi connectivity index (χ2v) is 39.5. The molecule has 5 heterocycles. The van der Waals surface area contributed by atoms with Crippen molar-refractivity contribution in [3.63, 3.8) is 0 Å². The Labute approximate surface area is 745 Å². The number of pyridine rings is 3. The van der Waals surface area contributed by atoms with Gasteiger partial charge in [0.05, 0.1) is 67.4 Å². The van der Waals surface area contributed by atoms with Gasteiger partial charge in [0, 0.05) is 95.1 Å². The van der Waals surface area contributed by atoms with Gasteiger partial charge >= 0.3 is 11.9 Å². The fraction of sp³-hybridized carbons (Fsp3) is 0.245. The molecule has 13 aromatic rings. The Morgan fingerprint density at radius 1 is 0.437 bits per heavy atom. The lowest BCUT2D eigenvalue weighted by Gasteiger charge is -2.21. The number of hydrogen-bond acceptors (Lipinski definition) is 19. The highest BCUT2D eigenvalue weighted by Crippen LogP contribution is 2.33. The number of rotatable bonds is 34. The number of aromatic amines is 1. The molecule has 0 saturated carbocycles. The SMILES string of the molecule is CC(=O)C(C)(C)COc1ccc(-c2ccc(-c3nc(-c4cccc(C(=O)OCc5ccccc5)c4)cn3COCC[Si](C)(C)C)cn2)cc1.CC(=O)C(C)(C)COc1ccc(-c2ccc(-c3ncc(-c4cccc(C(=O)OCc5ccccc5)c4)[nH]3)cn2)cc1.CC(=O)C(C)(C)COc1ccc(-c2ccc(C(=N)N)cn2)cc1.CC(=O)c1cccc(C(=O)CBr)c1. The van der Waals surface area contributed by atoms with Gasteiger partial charge in [0.1, 0.15) is 91.8 Å². The monoisotopic (exact) mass is 1770 g/mol. The molecule has 648 valence electrons. The number of ether oxygens (including phenoxy) is 6. The number of hydrogen-bond donors (Lipinski definition) is 3. The minimum Gasteiger partial charge on any atom is -0.493 e. The van der Waals surface area contributed by atoms with Crippen LogP contribution in [0.15, 0.2) is 274 Å². The van der Waals surface area contributed by atoms with Gasteiger partial charge in [-0.25, -0.2) is 19.6 Å². The van der Waals surface area contributed by atoms with Gasteiger partial charge in [0.15, 0.2) is 11.6 Å². The summed E-state index contributed by atoms with van der Waals surface area (Å²) >= 11 is 3.08. The number of nitrogens with zero attached hydrogens (tertiary/aromatic N) is 6. The van der Waals surface area contributed by atoms with E-state index in [0.717, 1.165) is 84.7 Å². The molecule has 4 N–H and O–H groups in total. The first-order valence-corrected chi connectivity index (χ1v) is 45.9. The first kappa shape index (κ1) is 94.7. The number of imidazole rings is 2. The summed E-state index contributed by atoms with van der Waals surface area (Å²) in [5.41, 5.74) is 18.5. The molecule has 0 spiro atoms. The lowest BCUT2D eigenvalue weighted by molar-refractivity contribution is -0.127. The number of nitrogens with two attached hydrogens (primary N) is 1. The number of halogens is 1. The summed E-state index contributed by atoms with van der Waals surface area (Å²) in [5.74, 6) is 2.99. The normalized spacial score (nSPS) is 11.2. The zero-order valence-corrected chi connectivity index (χ0v) is 75.9. The molecule has 0 atom stereocenters. The maximum atomic E-state index is 12.9. The average molecular weight is 1770 g/mol. The molecule has 0 unspecified atom stereocenters. The lowest BCUT2D eigenvalue weighted by Crippen LogP contribution is -2.28. The van der Waals surface area contributed by atoms with Crippen molar-refractivity contribution in [1.82, 2.24) is 34.5 Å². The average Bonchev–Trinajstić information content (AvgIpc) is 1.65. The number of carbonyl (C=O) groups is 7. The lowest BCUT2D eigenvalue weighted by atomic mass is 9.90. The van der Waals surface area contributed by atoms with Gasteiger partial charge in [-0.2, -0.15) is 0 Å². The number of benzene rings is 8. The number of Topliss-reactive ketones (excluding diaryl/α,β-unsaturated/α-hetero) is 5. The fourth-order valence-electron chi connectivity index (χ4n) is 11.6. The number of aromatic nitrogens is 7. The quantitative estimate of drug-likeness (QED) is 0.00642. The Morgan fingerprint density at radius 3 is 1.28 bits per heavy atom. The van der Waals surface area contributed by atoms with Gasteiger partial charge in [-0.3, -0.25) is 44.3 Å². The van der Waals surface area contributed by atoms with Crippen LogP contribution in [-0.2, 0) is 48.5 Å². The number of H-pyrrole nitrogens is 1. The third-order valence-corrected chi connectivity index (χ3v) is 23.0. The predicted octanol–water partition coefficient (Wildman–Crippen LogP) is 21.6. The van der Waals surface area contributed by atoms with Crippen LogP contribution in [0.4, 0.5) is 0 Å². The van der Waals surface area contributed by atoms with Crippen LogP contribution in [0, 0.1) is 21.7 Å². The molecule has 0 aliphatic heterocycles. The summed E-state index contributed by atoms with van der Waals surface area (Å²) in [5, 5.41) is 7.65. The maximum Gasteiger partial charge on any atom is 0.338 e. The van der Waals surface area contributed by atoms with Gasteiger partial charge in [-0.1, -0.05) is 139 Å². The summed E-state index contributed by atoms with van der Waals surface area (Å²) in [6.45, 7) is 26.9. The van der Waals surface area contributed by atoms with E-state index in [1.165, 1.54) is 6.92 Å². The molecule has 0 saturated heterocycles. The number of ketones is 5. The largest absolute Gasteiger partial charge is 0.493 e. The zero-order chi connectivity index (χ0) is 90.7. The van der Waals surface area contributed by atoms with Crippen LogP contribution in [0.25, 0.3) is 79.1 Å². The summed E-state index contributed by atoms with van der Waals surface area (Å²) in [7, 11) is -1.25. The van der Waals surface area contributed by atoms with Gasteiger partial charge in [-0.05, 0) is 226 Å². The Kier molecular flexibility index (Phi) is 33.2. The number of amidine groups is 1. The van der Waals surface area contributed by atoms with Crippen molar-refractivity contribution < 1.29 is 62.0 Å². The van der Waals surface area contributed by atoms with Crippen molar-refractivity contribution in [2.75, 3.05) is 31.8 Å². The number of alkyl halides is 1. The Hall–Kier alpha value is -13.6. The topological polar surface area (TPSA) is 310 Å². The summed E-state index contributed by atoms with van der Waals surface area (Å²) in [6.07, 6.45) is 8.87. The van der Waals surface area contributed by atoms with Gasteiger partial charge in [-0.15, -0.1) is 0 Å². The second-order valence-electron chi connectivity index (χ2n) is 33.4. The third kappa shape index (κ3) is 28.0. The molecule has 5 aromatic heterocycles. The Morgan fingerprint density at radius 2 is 0.857 bits per heavy atom. The molecule has 22 nitrogen and oxygen atoms in total. The third-order valence-electron chi connectivity index (χ3n) is 20.8. The van der Waals surface area contributed by atoms with E-state index in [0.29, 0.717) is 89.7 Å². The molecule has 126 heavy (non-hydrogen) atoms. The number of esters is 2. The smallest absolute Gasteiger partial charge is 0.338 e. The van der Waals surface area contributed by atoms with Crippen molar-refractivity contribution in [3.8, 4) is 96.3 Å². The number of nitrogens with one attached hydrogen (secondary N) is 2. The van der Waals surface area contributed by atoms with Crippen LogP contribution >= 0.6 is 15.9 Å². The van der Waals surface area contributed by atoms with Crippen LogP contribution in [0.5, 0.6) is 17.2 Å². The molecule has 13 rings (SSSR count). The summed E-state index contributed by atoms with van der Waals surface area (Å²) in [6, 6.07) is 76.0. The molecule has 24 heteroatoms. The van der Waals surface area contributed by atoms with Crippen LogP contribution in [0.3, 0.4) is 0 Å². The molecule has 8 aromatic carbocycles. The predicted molar refractivity (Wildman–Crippen MR) is 499 cm³/mol. The van der Waals surface area contributed by atoms with E-state index in [1.807, 2.05) is 253 Å². The molecule has 0 aliphatic carbocycles. The van der Waals surface area contributed by atoms with E-state index in [2.05, 4.69) is 55.5 Å². The van der Waals surface area contributed by atoms with Gasteiger partial charge in [0.25, 0.3) is 0 Å². The number of nitrogen functional groups attached to an aromatic ring is 1. The second kappa shape index (κ2) is 44.2. The first-order valence-electron chi connectivity index (χ1n) is 41.1. The van der Waals surface area contributed by atoms with Crippen molar-refractivity contribution in [1.29, 1.82) is 5.41 Å². The van der Waals surface area contributed by atoms with E-state index in [-0.39, 0.29) is 65.2 Å². The highest BCUT2D eigenvalue weighted by atomic mass is 79.9. The highest BCUT2D eigenvalue weighted by Gasteiger charge is 2.28. The Balaban J connectivity index is 0.000000192. The first-order chi connectivity index (χ1) is 60.1. The summed E-state index contributed by atoms with van der Waals surface area (Å²) < 4.78 is 36.5. The standard InChI is InChI=1S/C40H45N3O5Si.C34H31N3O4.C18H21N3O2.C10H9BrO2/c1-29(44)40(2,3)27-48-35-18-15-31(16-19-35)36-20-17-34(24-41-36)38-42-37(25-43(38)28-46-21-22-49(4,5)6)32-13-10-14-33(23-32)39(45)47-26-30-11-8-7-9-12-30;1-23(38)34(2,3)22-41-29-15-12-25(13-16-29)30-17-14-28(19-35-30)32-36-20-31(37-32)26-10-7-11-27(18-26)33(39)40-21-24-8-5-4-6-9-24;1-12(22)18(2,3)11-23-15-7-4-13(5-8-15)16-9-6-14(10-21-16)17(19)20;1-7(12)8-3-2-4-9(5-8)10(13)6-11/h7-20,23-25H,21-22,26-28H2,1-6H3;4-20H,21-22H2,1-3H3,(H,36,37);4-10H,11H2,1-3H3,(H3,19,20);2-5H,6H2,1H3. The van der Waals surface area contributed by atoms with E-state index in [4.69, 9.17) is 49.5 Å². The van der Waals surface area contributed by atoms with Gasteiger partial charge in [0.2, 0.25) is 0 Å². The van der Waals surface area contributed by atoms with E-state index in [9.17, 15) is 33.6 Å². The van der Waals surface area contributed by atoms with Gasteiger partial charge < -0.3 is 43.7 Å². The molecule has 0 amide bonds. The van der Waals surface area contributed by atoms with Crippen LogP contribution in [-0.4, -0.2) is 121 Å². The molecule has 0 aliphatic rings. The highest BCUT2D eigenvalue weighted by molar-refractivity contribution is 9.09. The molecular formula is C102H106BrN9O13Si. The number of carbonyl (C=O) groups excluding carboxylic acids is 7. The Bertz CT molecular complexity index is 5880. The van der Waals surface area contributed by atoms with Crippen LogP contribution in [0.1, 0.15) is 127 Å². The van der Waals surface area contributed by atoms with Crippen molar-refractivity contribution in [2.24, 2.45) is 22.0 Å². The minimum absolute atomic E-state index is 0.000818. The van der Waals surface area contributed by atoms with E-state index >= 15 is 0 Å². The van der Waals surface area contributed by atoms with E-state index < -0.39 is 24.3 Å². The van der Waals surface area contributed by atoms with E-state index in [1.54, 1.807) is 87.9 Å². The molecule has 0 fully saturated rings.